The lowest BCUT2D eigenvalue weighted by atomic mass is 9.92. The van der Waals surface area contributed by atoms with Crippen molar-refractivity contribution in [1.82, 2.24) is 25.0 Å². The van der Waals surface area contributed by atoms with Crippen molar-refractivity contribution in [2.75, 3.05) is 32.9 Å². The van der Waals surface area contributed by atoms with Crippen LogP contribution in [0, 0.1) is 11.3 Å². The van der Waals surface area contributed by atoms with Gasteiger partial charge in [0.2, 0.25) is 0 Å². The van der Waals surface area contributed by atoms with Crippen molar-refractivity contribution in [3.05, 3.63) is 78.0 Å². The first-order valence-electron chi connectivity index (χ1n) is 13.7. The quantitative estimate of drug-likeness (QED) is 0.231. The van der Waals surface area contributed by atoms with E-state index >= 15 is 0 Å². The molecule has 210 valence electrons. The van der Waals surface area contributed by atoms with E-state index in [9.17, 15) is 10.1 Å². The van der Waals surface area contributed by atoms with Crippen LogP contribution in [-0.2, 0) is 4.79 Å². The summed E-state index contributed by atoms with van der Waals surface area (Å²) in [6, 6.07) is 21.5. The number of aromatic nitrogens is 3. The standard InChI is InChI=1S/C32H35N7O2/c1-32(2,38(3)4)18-23(19-33)31(40)39-16-8-9-22(20-39)26-17-27-28(30(34)37-36-27)29(35-26)21-12-14-25(15-13-21)41-24-10-6-5-7-11-24/h5-7,10-15,17-18,22H,8-9,16,20H2,1-4H3,(H3,34,36,37)/b23-18-/t22-/m1/s1. The van der Waals surface area contributed by atoms with Gasteiger partial charge in [0, 0.05) is 35.8 Å². The largest absolute Gasteiger partial charge is 0.457 e. The van der Waals surface area contributed by atoms with Crippen LogP contribution in [0.15, 0.2) is 72.3 Å². The lowest BCUT2D eigenvalue weighted by molar-refractivity contribution is -0.128. The molecule has 1 aliphatic rings. The summed E-state index contributed by atoms with van der Waals surface area (Å²) < 4.78 is 5.96. The molecule has 1 amide bonds. The van der Waals surface area contributed by atoms with Crippen LogP contribution < -0.4 is 10.5 Å². The van der Waals surface area contributed by atoms with Crippen molar-refractivity contribution < 1.29 is 9.53 Å². The number of likely N-dealkylation sites (tertiary alicyclic amines) is 1. The highest BCUT2D eigenvalue weighted by molar-refractivity contribution is 6.00. The molecular weight excluding hydrogens is 514 g/mol. The maximum Gasteiger partial charge on any atom is 0.264 e. The van der Waals surface area contributed by atoms with E-state index in [4.69, 9.17) is 15.5 Å². The molecule has 1 fully saturated rings. The minimum Gasteiger partial charge on any atom is -0.457 e. The van der Waals surface area contributed by atoms with E-state index in [1.165, 1.54) is 0 Å². The fourth-order valence-electron chi connectivity index (χ4n) is 5.01. The van der Waals surface area contributed by atoms with Gasteiger partial charge in [0.1, 0.15) is 23.1 Å². The van der Waals surface area contributed by atoms with Gasteiger partial charge in [-0.2, -0.15) is 10.4 Å². The Balaban J connectivity index is 1.43. The van der Waals surface area contributed by atoms with Crippen LogP contribution in [0.3, 0.4) is 0 Å². The van der Waals surface area contributed by atoms with Gasteiger partial charge in [0.25, 0.3) is 5.91 Å². The highest BCUT2D eigenvalue weighted by atomic mass is 16.5. The number of nitrogen functional groups attached to an aromatic ring is 1. The number of nitrogens with zero attached hydrogens (tertiary/aromatic N) is 5. The lowest BCUT2D eigenvalue weighted by Crippen LogP contribution is -2.41. The number of rotatable bonds is 7. The van der Waals surface area contributed by atoms with Crippen LogP contribution in [0.2, 0.25) is 0 Å². The first kappa shape index (κ1) is 27.9. The van der Waals surface area contributed by atoms with Gasteiger partial charge >= 0.3 is 0 Å². The zero-order chi connectivity index (χ0) is 29.1. The van der Waals surface area contributed by atoms with Crippen molar-refractivity contribution in [2.45, 2.75) is 38.1 Å². The van der Waals surface area contributed by atoms with E-state index in [-0.39, 0.29) is 17.4 Å². The number of nitrogens with two attached hydrogens (primary N) is 1. The average Bonchev–Trinajstić information content (AvgIpc) is 3.36. The number of anilines is 1. The minimum atomic E-state index is -0.431. The summed E-state index contributed by atoms with van der Waals surface area (Å²) in [5.41, 5.74) is 9.24. The molecule has 1 aliphatic heterocycles. The number of piperidine rings is 1. The first-order chi connectivity index (χ1) is 19.7. The number of ether oxygens (including phenoxy) is 1. The number of hydrogen-bond donors (Lipinski definition) is 2. The molecule has 0 bridgehead atoms. The maximum absolute atomic E-state index is 13.4. The van der Waals surface area contributed by atoms with Crippen LogP contribution >= 0.6 is 0 Å². The number of benzene rings is 2. The summed E-state index contributed by atoms with van der Waals surface area (Å²) in [6.45, 7) is 5.04. The van der Waals surface area contributed by atoms with E-state index in [1.807, 2.05) is 93.5 Å². The Bertz CT molecular complexity index is 1620. The van der Waals surface area contributed by atoms with Crippen molar-refractivity contribution in [3.63, 3.8) is 0 Å². The van der Waals surface area contributed by atoms with Gasteiger partial charge in [-0.3, -0.25) is 14.9 Å². The Hall–Kier alpha value is -4.68. The molecule has 2 aromatic carbocycles. The predicted molar refractivity (Wildman–Crippen MR) is 160 cm³/mol. The molecule has 4 aromatic rings. The highest BCUT2D eigenvalue weighted by Crippen LogP contribution is 2.36. The summed E-state index contributed by atoms with van der Waals surface area (Å²) in [7, 11) is 3.86. The van der Waals surface area contributed by atoms with Gasteiger partial charge in [-0.25, -0.2) is 0 Å². The van der Waals surface area contributed by atoms with Crippen molar-refractivity contribution >= 4 is 22.6 Å². The molecule has 1 atom stereocenters. The molecule has 3 heterocycles. The van der Waals surface area contributed by atoms with Crippen LogP contribution in [0.4, 0.5) is 5.82 Å². The lowest BCUT2D eigenvalue weighted by Gasteiger charge is -2.34. The van der Waals surface area contributed by atoms with E-state index in [0.29, 0.717) is 24.7 Å². The van der Waals surface area contributed by atoms with E-state index in [0.717, 1.165) is 46.4 Å². The Morgan fingerprint density at radius 2 is 1.88 bits per heavy atom. The third kappa shape index (κ3) is 5.93. The summed E-state index contributed by atoms with van der Waals surface area (Å²) in [5, 5.41) is 17.9. The molecule has 41 heavy (non-hydrogen) atoms. The number of carbonyl (C=O) groups excluding carboxylic acids is 1. The number of likely N-dealkylation sites (N-methyl/N-ethyl adjacent to an activating group) is 1. The van der Waals surface area contributed by atoms with E-state index in [1.54, 1.807) is 11.0 Å². The molecule has 0 saturated carbocycles. The monoisotopic (exact) mass is 549 g/mol. The van der Waals surface area contributed by atoms with Crippen LogP contribution in [-0.4, -0.2) is 63.6 Å². The molecule has 0 radical (unpaired) electrons. The maximum atomic E-state index is 13.4. The number of hydrogen-bond acceptors (Lipinski definition) is 7. The average molecular weight is 550 g/mol. The number of H-pyrrole nitrogens is 1. The summed E-state index contributed by atoms with van der Waals surface area (Å²) >= 11 is 0. The predicted octanol–water partition coefficient (Wildman–Crippen LogP) is 5.50. The minimum absolute atomic E-state index is 0.00265. The highest BCUT2D eigenvalue weighted by Gasteiger charge is 2.30. The second-order valence-corrected chi connectivity index (χ2v) is 11.2. The molecule has 1 saturated heterocycles. The number of carbonyl (C=O) groups is 1. The second-order valence-electron chi connectivity index (χ2n) is 11.2. The van der Waals surface area contributed by atoms with Crippen LogP contribution in [0.1, 0.15) is 38.3 Å². The number of nitrogens with one attached hydrogen (secondary N) is 1. The van der Waals surface area contributed by atoms with Crippen molar-refractivity contribution in [1.29, 1.82) is 5.26 Å². The molecule has 9 heteroatoms. The third-order valence-electron chi connectivity index (χ3n) is 7.83. The number of nitriles is 1. The molecule has 2 aromatic heterocycles. The van der Waals surface area contributed by atoms with Gasteiger partial charge in [-0.05, 0) is 89.3 Å². The molecule has 9 nitrogen and oxygen atoms in total. The molecule has 0 spiro atoms. The zero-order valence-electron chi connectivity index (χ0n) is 23.9. The Kier molecular flexibility index (Phi) is 7.77. The first-order valence-corrected chi connectivity index (χ1v) is 13.7. The van der Waals surface area contributed by atoms with Gasteiger partial charge in [0.15, 0.2) is 5.82 Å². The zero-order valence-corrected chi connectivity index (χ0v) is 23.9. The van der Waals surface area contributed by atoms with E-state index < -0.39 is 5.54 Å². The van der Waals surface area contributed by atoms with Crippen LogP contribution in [0.25, 0.3) is 22.2 Å². The SMILES string of the molecule is CN(C)C(C)(C)/C=C(/C#N)C(=O)N1CCC[C@@H](c2cc3[nH]nc(N)c3c(-c3ccc(Oc4ccccc4)cc3)n2)C1. The van der Waals surface area contributed by atoms with Crippen molar-refractivity contribution in [3.8, 4) is 28.8 Å². The number of para-hydroxylation sites is 1. The number of fused-ring (bicyclic) bond motifs is 1. The molecule has 3 N–H and O–H groups in total. The van der Waals surface area contributed by atoms with E-state index in [2.05, 4.69) is 16.3 Å². The number of amides is 1. The smallest absolute Gasteiger partial charge is 0.264 e. The Morgan fingerprint density at radius 3 is 2.56 bits per heavy atom. The summed E-state index contributed by atoms with van der Waals surface area (Å²) in [4.78, 5) is 22.3. The molecule has 0 unspecified atom stereocenters. The topological polar surface area (TPSA) is 124 Å². The number of pyridine rings is 1. The van der Waals surface area contributed by atoms with Gasteiger partial charge < -0.3 is 20.3 Å². The fourth-order valence-corrected chi connectivity index (χ4v) is 5.01. The third-order valence-corrected chi connectivity index (χ3v) is 7.83. The van der Waals surface area contributed by atoms with Gasteiger partial charge in [-0.15, -0.1) is 0 Å². The fraction of sp³-hybridized carbons (Fsp3) is 0.312. The van der Waals surface area contributed by atoms with Gasteiger partial charge in [0.05, 0.1) is 16.6 Å². The number of aromatic amines is 1. The Morgan fingerprint density at radius 1 is 1.17 bits per heavy atom. The molecular formula is C32H35N7O2. The summed E-state index contributed by atoms with van der Waals surface area (Å²) in [5.74, 6) is 1.62. The van der Waals surface area contributed by atoms with Crippen LogP contribution in [0.5, 0.6) is 11.5 Å². The van der Waals surface area contributed by atoms with Gasteiger partial charge in [-0.1, -0.05) is 18.2 Å². The Labute approximate surface area is 240 Å². The molecule has 0 aliphatic carbocycles. The van der Waals surface area contributed by atoms with Crippen molar-refractivity contribution in [2.24, 2.45) is 0 Å². The molecule has 5 rings (SSSR count). The normalized spacial score (nSPS) is 16.1. The summed E-state index contributed by atoms with van der Waals surface area (Å²) in [6.07, 6.45) is 3.45. The second kappa shape index (κ2) is 11.4.